The predicted octanol–water partition coefficient (Wildman–Crippen LogP) is 3.51. The van der Waals surface area contributed by atoms with Gasteiger partial charge in [0, 0.05) is 11.8 Å². The second-order valence-electron chi connectivity index (χ2n) is 4.59. The van der Waals surface area contributed by atoms with Crippen molar-refractivity contribution < 1.29 is 22.8 Å². The van der Waals surface area contributed by atoms with Crippen molar-refractivity contribution >= 4 is 16.7 Å². The number of benzene rings is 2. The van der Waals surface area contributed by atoms with Gasteiger partial charge in [0.2, 0.25) is 0 Å². The Balaban J connectivity index is 2.24. The standard InChI is InChI=1S/C16H15F3N2O2/c1-2-23-21-14(16(17,18)19)10-20-15(22)13-9-5-7-11-6-3-4-8-12(11)13/h3-10,21H,2H2,1H3,(H,20,22). The molecule has 0 aromatic heterocycles. The summed E-state index contributed by atoms with van der Waals surface area (Å²) in [5.41, 5.74) is 0.877. The van der Waals surface area contributed by atoms with E-state index in [0.717, 1.165) is 5.39 Å². The van der Waals surface area contributed by atoms with Crippen molar-refractivity contribution in [3.05, 3.63) is 59.9 Å². The molecule has 2 N–H and O–H groups in total. The molecule has 0 heterocycles. The molecule has 0 fully saturated rings. The summed E-state index contributed by atoms with van der Waals surface area (Å²) in [4.78, 5) is 16.7. The van der Waals surface area contributed by atoms with Gasteiger partial charge in [-0.2, -0.15) is 13.2 Å². The lowest BCUT2D eigenvalue weighted by molar-refractivity contribution is -0.115. The van der Waals surface area contributed by atoms with Gasteiger partial charge in [-0.1, -0.05) is 36.4 Å². The minimum atomic E-state index is -4.67. The maximum absolute atomic E-state index is 12.8. The van der Waals surface area contributed by atoms with Crippen LogP contribution in [0.4, 0.5) is 13.2 Å². The van der Waals surface area contributed by atoms with Crippen molar-refractivity contribution in [3.8, 4) is 0 Å². The van der Waals surface area contributed by atoms with E-state index in [0.29, 0.717) is 11.6 Å². The summed E-state index contributed by atoms with van der Waals surface area (Å²) in [5, 5.41) is 3.63. The first kappa shape index (κ1) is 16.8. The second-order valence-corrected chi connectivity index (χ2v) is 4.59. The Morgan fingerprint density at radius 2 is 1.87 bits per heavy atom. The highest BCUT2D eigenvalue weighted by molar-refractivity contribution is 6.07. The molecule has 1 amide bonds. The van der Waals surface area contributed by atoms with Crippen LogP contribution in [0, 0.1) is 0 Å². The number of hydroxylamine groups is 1. The van der Waals surface area contributed by atoms with Gasteiger partial charge in [-0.25, -0.2) is 0 Å². The van der Waals surface area contributed by atoms with Crippen LogP contribution >= 0.6 is 0 Å². The lowest BCUT2D eigenvalue weighted by Crippen LogP contribution is -2.30. The minimum absolute atomic E-state index is 0.0463. The van der Waals surface area contributed by atoms with Crippen LogP contribution in [-0.2, 0) is 4.84 Å². The van der Waals surface area contributed by atoms with E-state index in [1.807, 2.05) is 18.2 Å². The molecule has 0 radical (unpaired) electrons. The number of allylic oxidation sites excluding steroid dienone is 1. The van der Waals surface area contributed by atoms with Crippen molar-refractivity contribution in [2.75, 3.05) is 6.61 Å². The molecule has 0 atom stereocenters. The van der Waals surface area contributed by atoms with Crippen LogP contribution in [0.2, 0.25) is 0 Å². The van der Waals surface area contributed by atoms with E-state index in [1.54, 1.807) is 29.7 Å². The maximum Gasteiger partial charge on any atom is 0.434 e. The van der Waals surface area contributed by atoms with E-state index >= 15 is 0 Å². The third-order valence-corrected chi connectivity index (χ3v) is 3.01. The molecule has 0 aliphatic carbocycles. The van der Waals surface area contributed by atoms with E-state index in [2.05, 4.69) is 10.2 Å². The average Bonchev–Trinajstić information content (AvgIpc) is 2.52. The van der Waals surface area contributed by atoms with E-state index < -0.39 is 17.8 Å². The lowest BCUT2D eigenvalue weighted by Gasteiger charge is -2.13. The van der Waals surface area contributed by atoms with Crippen molar-refractivity contribution in [2.45, 2.75) is 13.1 Å². The largest absolute Gasteiger partial charge is 0.434 e. The number of hydrogen-bond donors (Lipinski definition) is 2. The van der Waals surface area contributed by atoms with Crippen molar-refractivity contribution in [3.63, 3.8) is 0 Å². The molecule has 2 rings (SSSR count). The fraction of sp³-hybridized carbons (Fsp3) is 0.188. The Morgan fingerprint density at radius 3 is 2.57 bits per heavy atom. The normalized spacial score (nSPS) is 12.3. The van der Waals surface area contributed by atoms with Crippen LogP contribution in [-0.4, -0.2) is 18.7 Å². The molecule has 0 aliphatic rings. The van der Waals surface area contributed by atoms with Crippen LogP contribution in [0.15, 0.2) is 54.4 Å². The van der Waals surface area contributed by atoms with E-state index in [4.69, 9.17) is 0 Å². The highest BCUT2D eigenvalue weighted by Crippen LogP contribution is 2.23. The Labute approximate surface area is 130 Å². The summed E-state index contributed by atoms with van der Waals surface area (Å²) in [5.74, 6) is -0.637. The molecule has 0 saturated carbocycles. The smallest absolute Gasteiger partial charge is 0.326 e. The number of amides is 1. The summed E-state index contributed by atoms with van der Waals surface area (Å²) in [6.45, 7) is 1.58. The molecule has 0 unspecified atom stereocenters. The monoisotopic (exact) mass is 324 g/mol. The van der Waals surface area contributed by atoms with Gasteiger partial charge in [0.1, 0.15) is 0 Å². The second kappa shape index (κ2) is 7.15. The van der Waals surface area contributed by atoms with Crippen LogP contribution in [0.1, 0.15) is 17.3 Å². The Morgan fingerprint density at radius 1 is 1.17 bits per heavy atom. The number of nitrogens with one attached hydrogen (secondary N) is 2. The SMILES string of the molecule is CCONC(=CNC(=O)c1cccc2ccccc12)C(F)(F)F. The summed E-state index contributed by atoms with van der Waals surface area (Å²) in [7, 11) is 0. The summed E-state index contributed by atoms with van der Waals surface area (Å²) >= 11 is 0. The first-order valence-corrected chi connectivity index (χ1v) is 6.87. The summed E-state index contributed by atoms with van der Waals surface area (Å²) in [6, 6.07) is 12.2. The molecule has 23 heavy (non-hydrogen) atoms. The van der Waals surface area contributed by atoms with E-state index in [-0.39, 0.29) is 12.2 Å². The Bertz CT molecular complexity index is 721. The number of carbonyl (C=O) groups excluding carboxylic acids is 1. The molecule has 2 aromatic carbocycles. The molecule has 0 bridgehead atoms. The molecule has 7 heteroatoms. The maximum atomic E-state index is 12.8. The van der Waals surface area contributed by atoms with Gasteiger partial charge >= 0.3 is 6.18 Å². The van der Waals surface area contributed by atoms with Gasteiger partial charge in [-0.3, -0.25) is 15.1 Å². The third kappa shape index (κ3) is 4.23. The molecule has 0 spiro atoms. The topological polar surface area (TPSA) is 50.4 Å². The predicted molar refractivity (Wildman–Crippen MR) is 80.3 cm³/mol. The molecule has 4 nitrogen and oxygen atoms in total. The zero-order valence-corrected chi connectivity index (χ0v) is 12.3. The Hall–Kier alpha value is -2.54. The number of halogens is 3. The van der Waals surface area contributed by atoms with Gasteiger partial charge in [-0.05, 0) is 23.8 Å². The molecule has 0 aliphatic heterocycles. The van der Waals surface area contributed by atoms with Crippen LogP contribution in [0.25, 0.3) is 10.8 Å². The summed E-state index contributed by atoms with van der Waals surface area (Å²) in [6.07, 6.45) is -4.11. The minimum Gasteiger partial charge on any atom is -0.326 e. The first-order valence-electron chi connectivity index (χ1n) is 6.87. The summed E-state index contributed by atoms with van der Waals surface area (Å²) < 4.78 is 38.4. The lowest BCUT2D eigenvalue weighted by atomic mass is 10.0. The molecule has 2 aromatic rings. The fourth-order valence-corrected chi connectivity index (χ4v) is 1.96. The van der Waals surface area contributed by atoms with Gasteiger partial charge < -0.3 is 5.32 Å². The first-order chi connectivity index (χ1) is 10.9. The molecule has 0 saturated heterocycles. The van der Waals surface area contributed by atoms with Crippen LogP contribution in [0.5, 0.6) is 0 Å². The number of alkyl halides is 3. The van der Waals surface area contributed by atoms with Crippen LogP contribution < -0.4 is 10.8 Å². The van der Waals surface area contributed by atoms with Gasteiger partial charge in [0.15, 0.2) is 5.70 Å². The number of rotatable bonds is 5. The number of carbonyl (C=O) groups is 1. The molecule has 122 valence electrons. The van der Waals surface area contributed by atoms with Gasteiger partial charge in [-0.15, -0.1) is 0 Å². The van der Waals surface area contributed by atoms with Crippen molar-refractivity contribution in [1.82, 2.24) is 10.8 Å². The van der Waals surface area contributed by atoms with Crippen molar-refractivity contribution in [2.24, 2.45) is 0 Å². The third-order valence-electron chi connectivity index (χ3n) is 3.01. The Kier molecular flexibility index (Phi) is 5.23. The number of fused-ring (bicyclic) bond motifs is 1. The zero-order chi connectivity index (χ0) is 16.9. The molecular weight excluding hydrogens is 309 g/mol. The van der Waals surface area contributed by atoms with E-state index in [9.17, 15) is 18.0 Å². The van der Waals surface area contributed by atoms with Crippen molar-refractivity contribution in [1.29, 1.82) is 0 Å². The molecular formula is C16H15F3N2O2. The van der Waals surface area contributed by atoms with E-state index in [1.165, 1.54) is 6.92 Å². The van der Waals surface area contributed by atoms with Gasteiger partial charge in [0.25, 0.3) is 5.91 Å². The highest BCUT2D eigenvalue weighted by Gasteiger charge is 2.34. The van der Waals surface area contributed by atoms with Gasteiger partial charge in [0.05, 0.1) is 6.61 Å². The average molecular weight is 324 g/mol. The fourth-order valence-electron chi connectivity index (χ4n) is 1.96. The quantitative estimate of drug-likeness (QED) is 0.828. The number of hydrogen-bond acceptors (Lipinski definition) is 3. The zero-order valence-electron chi connectivity index (χ0n) is 12.3. The van der Waals surface area contributed by atoms with Crippen LogP contribution in [0.3, 0.4) is 0 Å². The highest BCUT2D eigenvalue weighted by atomic mass is 19.4.